The van der Waals surface area contributed by atoms with E-state index >= 15 is 0 Å². The van der Waals surface area contributed by atoms with Gasteiger partial charge in [-0.25, -0.2) is 0 Å². The molecule has 0 bridgehead atoms. The van der Waals surface area contributed by atoms with Gasteiger partial charge in [-0.3, -0.25) is 4.79 Å². The quantitative estimate of drug-likeness (QED) is 0.920. The van der Waals surface area contributed by atoms with E-state index in [2.05, 4.69) is 11.4 Å². The largest absolute Gasteiger partial charge is 0.495 e. The summed E-state index contributed by atoms with van der Waals surface area (Å²) in [6.45, 7) is 3.34. The van der Waals surface area contributed by atoms with E-state index in [1.54, 1.807) is 14.0 Å². The molecule has 1 unspecified atom stereocenters. The lowest BCUT2D eigenvalue weighted by Crippen LogP contribution is -2.45. The highest BCUT2D eigenvalue weighted by atomic mass is 35.5. The molecule has 1 heterocycles. The van der Waals surface area contributed by atoms with Gasteiger partial charge in [-0.2, -0.15) is 0 Å². The first kappa shape index (κ1) is 16.6. The Balaban J connectivity index is 1.72. The summed E-state index contributed by atoms with van der Waals surface area (Å²) >= 11 is 6.59. The minimum atomic E-state index is 0.180. The van der Waals surface area contributed by atoms with Gasteiger partial charge in [0.2, 0.25) is 5.91 Å². The third-order valence-corrected chi connectivity index (χ3v) is 5.51. The van der Waals surface area contributed by atoms with Crippen molar-refractivity contribution in [1.29, 1.82) is 0 Å². The Morgan fingerprint density at radius 2 is 2.04 bits per heavy atom. The Morgan fingerprint density at radius 1 is 1.30 bits per heavy atom. The molecular weight excluding hydrogens is 312 g/mol. The number of benzene rings is 1. The minimum Gasteiger partial charge on any atom is -0.495 e. The number of rotatable bonds is 3. The Hall–Kier alpha value is -1.26. The monoisotopic (exact) mass is 336 g/mol. The second-order valence-corrected chi connectivity index (χ2v) is 6.92. The fourth-order valence-electron chi connectivity index (χ4n) is 3.82. The highest BCUT2D eigenvalue weighted by molar-refractivity contribution is 6.33. The zero-order valence-electron chi connectivity index (χ0n) is 13.9. The second kappa shape index (κ2) is 7.10. The summed E-state index contributed by atoms with van der Waals surface area (Å²) in [6.07, 6.45) is 5.38. The Bertz CT molecular complexity index is 583. The topological polar surface area (TPSA) is 41.6 Å². The first-order chi connectivity index (χ1) is 11.1. The van der Waals surface area contributed by atoms with Crippen LogP contribution in [0.3, 0.4) is 0 Å². The van der Waals surface area contributed by atoms with E-state index in [0.29, 0.717) is 6.04 Å². The van der Waals surface area contributed by atoms with E-state index < -0.39 is 0 Å². The average Bonchev–Trinajstić information content (AvgIpc) is 2.56. The van der Waals surface area contributed by atoms with Crippen molar-refractivity contribution in [3.05, 3.63) is 28.3 Å². The number of likely N-dealkylation sites (tertiary alicyclic amines) is 1. The van der Waals surface area contributed by atoms with Gasteiger partial charge in [-0.15, -0.1) is 0 Å². The van der Waals surface area contributed by atoms with Crippen LogP contribution in [0.4, 0.5) is 0 Å². The highest BCUT2D eigenvalue weighted by Crippen LogP contribution is 2.40. The van der Waals surface area contributed by atoms with Crippen molar-refractivity contribution in [1.82, 2.24) is 10.2 Å². The van der Waals surface area contributed by atoms with Crippen molar-refractivity contribution >= 4 is 17.5 Å². The number of hydrogen-bond donors (Lipinski definition) is 1. The predicted molar refractivity (Wildman–Crippen MR) is 92.1 cm³/mol. The molecule has 1 aromatic rings. The molecule has 1 saturated heterocycles. The summed E-state index contributed by atoms with van der Waals surface area (Å²) in [4.78, 5) is 13.4. The molecule has 1 aromatic carbocycles. The first-order valence-electron chi connectivity index (χ1n) is 8.47. The average molecular weight is 337 g/mol. The normalized spacial score (nSPS) is 21.9. The van der Waals surface area contributed by atoms with Crippen LogP contribution in [0.15, 0.2) is 12.1 Å². The molecule has 1 aliphatic carbocycles. The van der Waals surface area contributed by atoms with Gasteiger partial charge in [0.05, 0.1) is 12.1 Å². The van der Waals surface area contributed by atoms with Crippen LogP contribution >= 0.6 is 11.6 Å². The van der Waals surface area contributed by atoms with Crippen LogP contribution in [0.1, 0.15) is 49.8 Å². The molecule has 1 atom stereocenters. The summed E-state index contributed by atoms with van der Waals surface area (Å²) < 4.78 is 5.39. The lowest BCUT2D eigenvalue weighted by Gasteiger charge is -2.36. The maximum atomic E-state index is 11.4. The molecule has 5 heteroatoms. The van der Waals surface area contributed by atoms with Gasteiger partial charge < -0.3 is 15.0 Å². The molecule has 0 aromatic heterocycles. The zero-order chi connectivity index (χ0) is 16.4. The van der Waals surface area contributed by atoms with Crippen LogP contribution in [-0.2, 0) is 11.2 Å². The number of nitrogens with one attached hydrogen (secondary N) is 1. The van der Waals surface area contributed by atoms with Crippen molar-refractivity contribution < 1.29 is 9.53 Å². The summed E-state index contributed by atoms with van der Waals surface area (Å²) in [6, 6.07) is 4.85. The molecule has 2 aliphatic rings. The number of methoxy groups -OCH3 is 1. The number of ether oxygens (including phenoxy) is 1. The van der Waals surface area contributed by atoms with Gasteiger partial charge in [0.25, 0.3) is 0 Å². The number of halogens is 1. The predicted octanol–water partition coefficient (Wildman–Crippen LogP) is 3.33. The van der Waals surface area contributed by atoms with Crippen LogP contribution in [-0.4, -0.2) is 37.0 Å². The summed E-state index contributed by atoms with van der Waals surface area (Å²) in [5.74, 6) is 0.935. The third-order valence-electron chi connectivity index (χ3n) is 5.12. The molecule has 126 valence electrons. The number of carbonyl (C=O) groups excluding carboxylic acids is 1. The SMILES string of the molecule is COc1ccc2c(c1Cl)C(NC1CCN(C(C)=O)CC1)CCC2. The van der Waals surface area contributed by atoms with E-state index in [-0.39, 0.29) is 11.9 Å². The van der Waals surface area contributed by atoms with E-state index in [0.717, 1.165) is 49.5 Å². The zero-order valence-corrected chi connectivity index (χ0v) is 14.7. The fraction of sp³-hybridized carbons (Fsp3) is 0.611. The van der Waals surface area contributed by atoms with Crippen LogP contribution in [0.2, 0.25) is 5.02 Å². The molecule has 1 aliphatic heterocycles. The number of nitrogens with zero attached hydrogens (tertiary/aromatic N) is 1. The Labute approximate surface area is 143 Å². The van der Waals surface area contributed by atoms with Crippen LogP contribution < -0.4 is 10.1 Å². The van der Waals surface area contributed by atoms with Crippen molar-refractivity contribution in [3.8, 4) is 5.75 Å². The van der Waals surface area contributed by atoms with Gasteiger partial charge in [0.1, 0.15) is 5.75 Å². The summed E-state index contributed by atoms with van der Waals surface area (Å²) in [7, 11) is 1.66. The molecule has 0 spiro atoms. The van der Waals surface area contributed by atoms with E-state index in [9.17, 15) is 4.79 Å². The molecule has 3 rings (SSSR count). The van der Waals surface area contributed by atoms with Gasteiger partial charge in [0.15, 0.2) is 0 Å². The Kier molecular flexibility index (Phi) is 5.12. The van der Waals surface area contributed by atoms with Crippen molar-refractivity contribution in [2.45, 2.75) is 51.1 Å². The number of piperidine rings is 1. The molecule has 23 heavy (non-hydrogen) atoms. The van der Waals surface area contributed by atoms with E-state index in [1.165, 1.54) is 17.5 Å². The molecule has 1 amide bonds. The fourth-order valence-corrected chi connectivity index (χ4v) is 4.21. The third kappa shape index (κ3) is 3.48. The molecule has 1 fully saturated rings. The lowest BCUT2D eigenvalue weighted by atomic mass is 9.86. The standard InChI is InChI=1S/C18H25ClN2O2/c1-12(22)21-10-8-14(9-11-21)20-15-5-3-4-13-6-7-16(23-2)18(19)17(13)15/h6-7,14-15,20H,3-5,8-11H2,1-2H3. The number of aryl methyl sites for hydroxylation is 1. The number of hydrogen-bond acceptors (Lipinski definition) is 3. The number of carbonyl (C=O) groups is 1. The van der Waals surface area contributed by atoms with Crippen LogP contribution in [0, 0.1) is 0 Å². The summed E-state index contributed by atoms with van der Waals surface area (Å²) in [5.41, 5.74) is 2.55. The van der Waals surface area contributed by atoms with Crippen molar-refractivity contribution in [2.75, 3.05) is 20.2 Å². The smallest absolute Gasteiger partial charge is 0.219 e. The number of amides is 1. The summed E-state index contributed by atoms with van der Waals surface area (Å²) in [5, 5.41) is 4.54. The van der Waals surface area contributed by atoms with Gasteiger partial charge in [0, 0.05) is 32.1 Å². The molecular formula is C18H25ClN2O2. The maximum Gasteiger partial charge on any atom is 0.219 e. The van der Waals surface area contributed by atoms with Crippen LogP contribution in [0.25, 0.3) is 0 Å². The van der Waals surface area contributed by atoms with Crippen molar-refractivity contribution in [2.24, 2.45) is 0 Å². The second-order valence-electron chi connectivity index (χ2n) is 6.55. The van der Waals surface area contributed by atoms with E-state index in [4.69, 9.17) is 16.3 Å². The maximum absolute atomic E-state index is 11.4. The highest BCUT2D eigenvalue weighted by Gasteiger charge is 2.28. The van der Waals surface area contributed by atoms with Crippen LogP contribution in [0.5, 0.6) is 5.75 Å². The lowest BCUT2D eigenvalue weighted by molar-refractivity contribution is -0.129. The molecule has 1 N–H and O–H groups in total. The first-order valence-corrected chi connectivity index (χ1v) is 8.84. The molecule has 0 radical (unpaired) electrons. The van der Waals surface area contributed by atoms with E-state index in [1.807, 2.05) is 11.0 Å². The molecule has 0 saturated carbocycles. The van der Waals surface area contributed by atoms with Crippen molar-refractivity contribution in [3.63, 3.8) is 0 Å². The Morgan fingerprint density at radius 3 is 2.70 bits per heavy atom. The van der Waals surface area contributed by atoms with Gasteiger partial charge in [-0.1, -0.05) is 17.7 Å². The minimum absolute atomic E-state index is 0.180. The number of fused-ring (bicyclic) bond motifs is 1. The molecule has 4 nitrogen and oxygen atoms in total. The van der Waals surface area contributed by atoms with Gasteiger partial charge in [-0.05, 0) is 49.3 Å². The van der Waals surface area contributed by atoms with Gasteiger partial charge >= 0.3 is 0 Å².